The fourth-order valence-electron chi connectivity index (χ4n) is 1.68. The summed E-state index contributed by atoms with van der Waals surface area (Å²) in [5, 5.41) is 0. The SMILES string of the molecule is COC(=O)CCCC(=O)c1cccc(C)c1C. The summed E-state index contributed by atoms with van der Waals surface area (Å²) in [5.41, 5.74) is 2.90. The van der Waals surface area contributed by atoms with Gasteiger partial charge in [0.2, 0.25) is 0 Å². The Hall–Kier alpha value is -1.64. The molecule has 0 aliphatic carbocycles. The van der Waals surface area contributed by atoms with Crippen LogP contribution in [0.5, 0.6) is 0 Å². The van der Waals surface area contributed by atoms with E-state index in [0.29, 0.717) is 19.3 Å². The van der Waals surface area contributed by atoms with E-state index in [1.807, 2.05) is 32.0 Å². The number of ketones is 1. The second kappa shape index (κ2) is 6.18. The standard InChI is InChI=1S/C14H18O3/c1-10-6-4-7-12(11(10)2)13(15)8-5-9-14(16)17-3/h4,6-7H,5,8-9H2,1-3H3. The zero-order valence-electron chi connectivity index (χ0n) is 10.6. The van der Waals surface area contributed by atoms with Gasteiger partial charge in [0.05, 0.1) is 7.11 Å². The number of rotatable bonds is 5. The molecule has 17 heavy (non-hydrogen) atoms. The molecule has 3 heteroatoms. The van der Waals surface area contributed by atoms with Crippen LogP contribution in [-0.2, 0) is 9.53 Å². The van der Waals surface area contributed by atoms with Gasteiger partial charge in [-0.2, -0.15) is 0 Å². The van der Waals surface area contributed by atoms with Crippen molar-refractivity contribution in [2.24, 2.45) is 0 Å². The van der Waals surface area contributed by atoms with Crippen molar-refractivity contribution in [2.45, 2.75) is 33.1 Å². The molecule has 0 N–H and O–H groups in total. The molecule has 0 unspecified atom stereocenters. The topological polar surface area (TPSA) is 43.4 Å². The summed E-state index contributed by atoms with van der Waals surface area (Å²) < 4.78 is 4.53. The number of benzene rings is 1. The summed E-state index contributed by atoms with van der Waals surface area (Å²) in [5.74, 6) is -0.172. The quantitative estimate of drug-likeness (QED) is 0.581. The van der Waals surface area contributed by atoms with E-state index < -0.39 is 0 Å². The van der Waals surface area contributed by atoms with Gasteiger partial charge in [-0.15, -0.1) is 0 Å². The second-order valence-corrected chi connectivity index (χ2v) is 4.10. The third-order valence-electron chi connectivity index (χ3n) is 2.92. The molecule has 0 aliphatic heterocycles. The van der Waals surface area contributed by atoms with E-state index in [4.69, 9.17) is 0 Å². The number of ether oxygens (including phenoxy) is 1. The van der Waals surface area contributed by atoms with Crippen molar-refractivity contribution < 1.29 is 14.3 Å². The molecule has 1 aromatic rings. The average molecular weight is 234 g/mol. The summed E-state index contributed by atoms with van der Waals surface area (Å²) in [6.45, 7) is 3.93. The Morgan fingerprint density at radius 2 is 1.88 bits per heavy atom. The van der Waals surface area contributed by atoms with Crippen molar-refractivity contribution in [1.29, 1.82) is 0 Å². The van der Waals surface area contributed by atoms with Crippen molar-refractivity contribution >= 4 is 11.8 Å². The van der Waals surface area contributed by atoms with E-state index in [0.717, 1.165) is 16.7 Å². The number of carbonyl (C=O) groups is 2. The van der Waals surface area contributed by atoms with Gasteiger partial charge in [-0.1, -0.05) is 18.2 Å². The minimum Gasteiger partial charge on any atom is -0.469 e. The Morgan fingerprint density at radius 3 is 2.53 bits per heavy atom. The maximum atomic E-state index is 11.9. The summed E-state index contributed by atoms with van der Waals surface area (Å²) in [7, 11) is 1.36. The maximum Gasteiger partial charge on any atom is 0.305 e. The number of hydrogen-bond acceptors (Lipinski definition) is 3. The van der Waals surface area contributed by atoms with E-state index >= 15 is 0 Å². The van der Waals surface area contributed by atoms with E-state index in [9.17, 15) is 9.59 Å². The molecule has 0 saturated heterocycles. The molecule has 0 aliphatic rings. The molecule has 0 fully saturated rings. The number of esters is 1. The second-order valence-electron chi connectivity index (χ2n) is 4.10. The molecule has 92 valence electrons. The molecule has 1 rings (SSSR count). The van der Waals surface area contributed by atoms with Gasteiger partial charge >= 0.3 is 5.97 Å². The Kier molecular flexibility index (Phi) is 4.88. The smallest absolute Gasteiger partial charge is 0.305 e. The molecule has 0 aromatic heterocycles. The van der Waals surface area contributed by atoms with Crippen molar-refractivity contribution in [3.8, 4) is 0 Å². The number of carbonyl (C=O) groups excluding carboxylic acids is 2. The zero-order chi connectivity index (χ0) is 12.8. The van der Waals surface area contributed by atoms with Crippen LogP contribution < -0.4 is 0 Å². The normalized spacial score (nSPS) is 10.1. The number of methoxy groups -OCH3 is 1. The van der Waals surface area contributed by atoms with Crippen LogP contribution in [0.15, 0.2) is 18.2 Å². The molecule has 0 heterocycles. The minimum atomic E-state index is -0.265. The zero-order valence-corrected chi connectivity index (χ0v) is 10.6. The van der Waals surface area contributed by atoms with Crippen molar-refractivity contribution in [3.63, 3.8) is 0 Å². The molecule has 0 bridgehead atoms. The van der Waals surface area contributed by atoms with Gasteiger partial charge in [-0.25, -0.2) is 0 Å². The molecular weight excluding hydrogens is 216 g/mol. The fourth-order valence-corrected chi connectivity index (χ4v) is 1.68. The fraction of sp³-hybridized carbons (Fsp3) is 0.429. The lowest BCUT2D eigenvalue weighted by molar-refractivity contribution is -0.140. The summed E-state index contributed by atoms with van der Waals surface area (Å²) in [6, 6.07) is 5.71. The van der Waals surface area contributed by atoms with Gasteiger partial charge in [0.1, 0.15) is 0 Å². The third kappa shape index (κ3) is 3.70. The van der Waals surface area contributed by atoms with Crippen LogP contribution in [0.2, 0.25) is 0 Å². The minimum absolute atomic E-state index is 0.0927. The van der Waals surface area contributed by atoms with Gasteiger partial charge in [0, 0.05) is 18.4 Å². The molecule has 0 atom stereocenters. The van der Waals surface area contributed by atoms with Gasteiger partial charge in [0.25, 0.3) is 0 Å². The van der Waals surface area contributed by atoms with E-state index in [-0.39, 0.29) is 11.8 Å². The van der Waals surface area contributed by atoms with Crippen molar-refractivity contribution in [1.82, 2.24) is 0 Å². The van der Waals surface area contributed by atoms with Gasteiger partial charge in [-0.05, 0) is 31.4 Å². The van der Waals surface area contributed by atoms with Crippen LogP contribution in [0.3, 0.4) is 0 Å². The molecule has 0 saturated carbocycles. The average Bonchev–Trinajstić information content (AvgIpc) is 2.32. The van der Waals surface area contributed by atoms with E-state index in [2.05, 4.69) is 4.74 Å². The van der Waals surface area contributed by atoms with Crippen LogP contribution in [-0.4, -0.2) is 18.9 Å². The Bertz CT molecular complexity index is 421. The molecular formula is C14H18O3. The largest absolute Gasteiger partial charge is 0.469 e. The molecule has 0 amide bonds. The summed E-state index contributed by atoms with van der Waals surface area (Å²) >= 11 is 0. The molecule has 0 spiro atoms. The third-order valence-corrected chi connectivity index (χ3v) is 2.92. The van der Waals surface area contributed by atoms with Crippen LogP contribution in [0.4, 0.5) is 0 Å². The first-order valence-corrected chi connectivity index (χ1v) is 5.72. The Balaban J connectivity index is 2.59. The first kappa shape index (κ1) is 13.4. The number of aryl methyl sites for hydroxylation is 1. The van der Waals surface area contributed by atoms with Crippen LogP contribution >= 0.6 is 0 Å². The Morgan fingerprint density at radius 1 is 1.18 bits per heavy atom. The highest BCUT2D eigenvalue weighted by atomic mass is 16.5. The van der Waals surface area contributed by atoms with Crippen molar-refractivity contribution in [2.75, 3.05) is 7.11 Å². The van der Waals surface area contributed by atoms with E-state index in [1.54, 1.807) is 0 Å². The first-order valence-electron chi connectivity index (χ1n) is 5.72. The highest BCUT2D eigenvalue weighted by molar-refractivity contribution is 5.97. The predicted octanol–water partition coefficient (Wildman–Crippen LogP) is 2.83. The summed E-state index contributed by atoms with van der Waals surface area (Å²) in [4.78, 5) is 22.9. The predicted molar refractivity (Wildman–Crippen MR) is 66.1 cm³/mol. The lowest BCUT2D eigenvalue weighted by atomic mass is 9.97. The number of hydrogen-bond donors (Lipinski definition) is 0. The van der Waals surface area contributed by atoms with E-state index in [1.165, 1.54) is 7.11 Å². The lowest BCUT2D eigenvalue weighted by Crippen LogP contribution is -2.05. The molecule has 0 radical (unpaired) electrons. The monoisotopic (exact) mass is 234 g/mol. The Labute approximate surface area is 102 Å². The van der Waals surface area contributed by atoms with Crippen molar-refractivity contribution in [3.05, 3.63) is 34.9 Å². The van der Waals surface area contributed by atoms with Crippen LogP contribution in [0, 0.1) is 13.8 Å². The molecule has 3 nitrogen and oxygen atoms in total. The van der Waals surface area contributed by atoms with Gasteiger partial charge in [0.15, 0.2) is 5.78 Å². The summed E-state index contributed by atoms with van der Waals surface area (Å²) in [6.07, 6.45) is 1.23. The highest BCUT2D eigenvalue weighted by Gasteiger charge is 2.10. The van der Waals surface area contributed by atoms with Crippen LogP contribution in [0.25, 0.3) is 0 Å². The lowest BCUT2D eigenvalue weighted by Gasteiger charge is -2.07. The van der Waals surface area contributed by atoms with Gasteiger partial charge in [-0.3, -0.25) is 9.59 Å². The van der Waals surface area contributed by atoms with Crippen LogP contribution in [0.1, 0.15) is 40.7 Å². The van der Waals surface area contributed by atoms with Gasteiger partial charge < -0.3 is 4.74 Å². The number of Topliss-reactive ketones (excluding diaryl/α,β-unsaturated/α-hetero) is 1. The first-order chi connectivity index (χ1) is 8.06. The molecule has 1 aromatic carbocycles. The highest BCUT2D eigenvalue weighted by Crippen LogP contribution is 2.15. The maximum absolute atomic E-state index is 11.9.